The molecular weight excluding hydrogens is 841 g/mol. The van der Waals surface area contributed by atoms with E-state index in [0.717, 1.165) is 116 Å². The summed E-state index contributed by atoms with van der Waals surface area (Å²) in [7, 11) is 0. The van der Waals surface area contributed by atoms with Crippen LogP contribution in [0, 0.1) is 0 Å². The summed E-state index contributed by atoms with van der Waals surface area (Å²) >= 11 is 0. The van der Waals surface area contributed by atoms with Crippen LogP contribution in [0.15, 0.2) is 170 Å². The van der Waals surface area contributed by atoms with Crippen LogP contribution in [0.5, 0.6) is 0 Å². The summed E-state index contributed by atoms with van der Waals surface area (Å²) in [5.74, 6) is -1.08. The Hall–Kier alpha value is -5.23. The maximum Gasteiger partial charge on any atom is 0.306 e. The van der Waals surface area contributed by atoms with Gasteiger partial charge in [-0.3, -0.25) is 14.4 Å². The van der Waals surface area contributed by atoms with Crippen LogP contribution in [0.1, 0.15) is 181 Å². The quantitative estimate of drug-likeness (QED) is 0.0199. The maximum absolute atomic E-state index is 12.8. The molecule has 0 aliphatic carbocycles. The fourth-order valence-electron chi connectivity index (χ4n) is 6.27. The van der Waals surface area contributed by atoms with Crippen molar-refractivity contribution in [2.24, 2.45) is 0 Å². The van der Waals surface area contributed by atoms with Crippen molar-refractivity contribution in [3.8, 4) is 0 Å². The zero-order valence-electron chi connectivity index (χ0n) is 42.8. The van der Waals surface area contributed by atoms with Gasteiger partial charge in [0, 0.05) is 19.3 Å². The normalized spacial score (nSPS) is 13.5. The molecule has 0 heterocycles. The van der Waals surface area contributed by atoms with E-state index in [1.54, 1.807) is 0 Å². The van der Waals surface area contributed by atoms with Gasteiger partial charge in [-0.25, -0.2) is 0 Å². The second kappa shape index (κ2) is 54.4. The Morgan fingerprint density at radius 2 is 0.662 bits per heavy atom. The Labute approximate surface area is 415 Å². The number of allylic oxidation sites excluding steroid dienone is 28. The van der Waals surface area contributed by atoms with E-state index in [2.05, 4.69) is 136 Å². The van der Waals surface area contributed by atoms with Gasteiger partial charge < -0.3 is 14.2 Å². The van der Waals surface area contributed by atoms with E-state index in [-0.39, 0.29) is 44.0 Å². The Morgan fingerprint density at radius 1 is 0.324 bits per heavy atom. The molecule has 0 saturated heterocycles. The summed E-state index contributed by atoms with van der Waals surface area (Å²) in [6.45, 7) is 6.19. The zero-order chi connectivity index (χ0) is 49.3. The topological polar surface area (TPSA) is 78.9 Å². The van der Waals surface area contributed by atoms with E-state index < -0.39 is 6.10 Å². The van der Waals surface area contributed by atoms with Crippen LogP contribution >= 0.6 is 0 Å². The monoisotopic (exact) mass is 933 g/mol. The van der Waals surface area contributed by atoms with Gasteiger partial charge in [-0.05, 0) is 103 Å². The van der Waals surface area contributed by atoms with Gasteiger partial charge in [-0.2, -0.15) is 0 Å². The third-order valence-electron chi connectivity index (χ3n) is 10.2. The summed E-state index contributed by atoms with van der Waals surface area (Å²) in [5.41, 5.74) is 0. The Morgan fingerprint density at radius 3 is 1.15 bits per heavy atom. The fourth-order valence-corrected chi connectivity index (χ4v) is 6.27. The Balaban J connectivity index is 4.63. The molecule has 0 amide bonds. The second-order valence-electron chi connectivity index (χ2n) is 16.5. The number of rotatable bonds is 44. The Bertz CT molecular complexity index is 1640. The van der Waals surface area contributed by atoms with Gasteiger partial charge in [0.1, 0.15) is 13.2 Å². The van der Waals surface area contributed by atoms with Crippen LogP contribution < -0.4 is 0 Å². The van der Waals surface area contributed by atoms with Gasteiger partial charge in [0.25, 0.3) is 0 Å². The first-order valence-electron chi connectivity index (χ1n) is 26.3. The first-order chi connectivity index (χ1) is 33.5. The van der Waals surface area contributed by atoms with Gasteiger partial charge in [0.05, 0.1) is 0 Å². The molecule has 0 aromatic carbocycles. The predicted molar refractivity (Wildman–Crippen MR) is 292 cm³/mol. The molecule has 0 bridgehead atoms. The summed E-state index contributed by atoms with van der Waals surface area (Å²) < 4.78 is 16.7. The minimum Gasteiger partial charge on any atom is -0.462 e. The number of hydrogen-bond acceptors (Lipinski definition) is 6. The summed E-state index contributed by atoms with van der Waals surface area (Å²) in [5, 5.41) is 0. The first-order valence-corrected chi connectivity index (χ1v) is 26.3. The fraction of sp³-hybridized carbons (Fsp3) is 0.500. The number of unbranched alkanes of at least 4 members (excludes halogenated alkanes) is 12. The number of carbonyl (C=O) groups excluding carboxylic acids is 3. The van der Waals surface area contributed by atoms with Crippen molar-refractivity contribution in [3.05, 3.63) is 170 Å². The minimum atomic E-state index is -0.843. The van der Waals surface area contributed by atoms with Gasteiger partial charge in [0.15, 0.2) is 6.10 Å². The molecular formula is C62H92O6. The molecule has 0 radical (unpaired) electrons. The smallest absolute Gasteiger partial charge is 0.306 e. The molecule has 68 heavy (non-hydrogen) atoms. The van der Waals surface area contributed by atoms with Crippen molar-refractivity contribution in [2.45, 2.75) is 187 Å². The standard InChI is InChI=1S/C62H92O6/c1-4-7-10-13-16-19-22-25-27-29-31-33-34-37-40-43-46-49-52-55-61(64)67-58-59(57-66-60(63)54-51-48-45-42-39-36-24-21-18-15-12-9-6-3)68-62(65)56-53-50-47-44-41-38-35-32-30-28-26-23-20-17-14-11-8-5-2/h7,9-10,12,15-21,23-28,30-33,35-37,39-40,42,45,59H,4-6,8,11,13-14,22,29,34,38,41,43-44,46-58H2,1-3H3/b10-7-,12-9-,18-15-,19-16-,20-17-,24-21-,26-23-,27-25-,30-28-,33-31-,35-32-,39-36-,40-37-,45-42-. The highest BCUT2D eigenvalue weighted by Crippen LogP contribution is 2.11. The average Bonchev–Trinajstić information content (AvgIpc) is 3.34. The molecule has 0 rings (SSSR count). The molecule has 376 valence electrons. The average molecular weight is 933 g/mol. The predicted octanol–water partition coefficient (Wildman–Crippen LogP) is 17.6. The van der Waals surface area contributed by atoms with Gasteiger partial charge >= 0.3 is 17.9 Å². The highest BCUT2D eigenvalue weighted by atomic mass is 16.6. The lowest BCUT2D eigenvalue weighted by atomic mass is 10.1. The molecule has 1 atom stereocenters. The lowest BCUT2D eigenvalue weighted by Gasteiger charge is -2.18. The second-order valence-corrected chi connectivity index (χ2v) is 16.5. The van der Waals surface area contributed by atoms with E-state index in [0.29, 0.717) is 12.8 Å². The van der Waals surface area contributed by atoms with E-state index in [1.807, 2.05) is 54.7 Å². The number of ether oxygens (including phenoxy) is 3. The molecule has 0 aliphatic rings. The highest BCUT2D eigenvalue weighted by molar-refractivity contribution is 5.71. The SMILES string of the molecule is CC\C=C/C=C\C=C/C=C\C=C/CCCC(=O)OCC(COC(=O)CCCCC/C=C\C/C=C\C/C=C\C/C=C\C/C=C\CC)OC(=O)CCCCCCC\C=C/C=C\C=C/C=C\CCCCC. The van der Waals surface area contributed by atoms with Crippen molar-refractivity contribution < 1.29 is 28.6 Å². The third kappa shape index (κ3) is 51.7. The van der Waals surface area contributed by atoms with Crippen LogP contribution in [0.4, 0.5) is 0 Å². The van der Waals surface area contributed by atoms with Crippen molar-refractivity contribution in [2.75, 3.05) is 13.2 Å². The molecule has 0 fully saturated rings. The summed E-state index contributed by atoms with van der Waals surface area (Å²) in [6, 6.07) is 0. The first kappa shape index (κ1) is 62.8. The molecule has 0 saturated carbocycles. The number of esters is 3. The van der Waals surface area contributed by atoms with E-state index in [1.165, 1.54) is 19.3 Å². The summed E-state index contributed by atoms with van der Waals surface area (Å²) in [6.07, 6.45) is 80.5. The maximum atomic E-state index is 12.8. The molecule has 0 N–H and O–H groups in total. The van der Waals surface area contributed by atoms with Crippen LogP contribution in [-0.4, -0.2) is 37.2 Å². The largest absolute Gasteiger partial charge is 0.462 e. The molecule has 0 aromatic heterocycles. The lowest BCUT2D eigenvalue weighted by Crippen LogP contribution is -2.30. The molecule has 1 unspecified atom stereocenters. The van der Waals surface area contributed by atoms with Crippen LogP contribution in [-0.2, 0) is 28.6 Å². The molecule has 6 heteroatoms. The van der Waals surface area contributed by atoms with Crippen LogP contribution in [0.2, 0.25) is 0 Å². The van der Waals surface area contributed by atoms with Crippen molar-refractivity contribution >= 4 is 17.9 Å². The van der Waals surface area contributed by atoms with Crippen LogP contribution in [0.25, 0.3) is 0 Å². The molecule has 6 nitrogen and oxygen atoms in total. The van der Waals surface area contributed by atoms with Gasteiger partial charge in [0.2, 0.25) is 0 Å². The minimum absolute atomic E-state index is 0.137. The third-order valence-corrected chi connectivity index (χ3v) is 10.2. The van der Waals surface area contributed by atoms with Crippen molar-refractivity contribution in [3.63, 3.8) is 0 Å². The van der Waals surface area contributed by atoms with E-state index in [9.17, 15) is 14.4 Å². The van der Waals surface area contributed by atoms with Crippen molar-refractivity contribution in [1.29, 1.82) is 0 Å². The highest BCUT2D eigenvalue weighted by Gasteiger charge is 2.19. The van der Waals surface area contributed by atoms with Crippen molar-refractivity contribution in [1.82, 2.24) is 0 Å². The molecule has 0 aliphatic heterocycles. The molecule has 0 spiro atoms. The van der Waals surface area contributed by atoms with E-state index >= 15 is 0 Å². The number of carbonyl (C=O) groups is 3. The summed E-state index contributed by atoms with van der Waals surface area (Å²) in [4.78, 5) is 38.0. The van der Waals surface area contributed by atoms with E-state index in [4.69, 9.17) is 14.2 Å². The Kier molecular flexibility index (Phi) is 50.2. The van der Waals surface area contributed by atoms with Gasteiger partial charge in [-0.15, -0.1) is 0 Å². The van der Waals surface area contributed by atoms with Crippen LogP contribution in [0.3, 0.4) is 0 Å². The zero-order valence-corrected chi connectivity index (χ0v) is 42.8. The number of hydrogen-bond donors (Lipinski definition) is 0. The lowest BCUT2D eigenvalue weighted by molar-refractivity contribution is -0.167. The molecule has 0 aromatic rings. The van der Waals surface area contributed by atoms with Gasteiger partial charge in [-0.1, -0.05) is 229 Å².